The predicted molar refractivity (Wildman–Crippen MR) is 116 cm³/mol. The number of amides is 2. The average molecular weight is 413 g/mol. The van der Waals surface area contributed by atoms with Gasteiger partial charge in [-0.05, 0) is 54.2 Å². The smallest absolute Gasteiger partial charge is 0.258 e. The molecule has 0 spiro atoms. The van der Waals surface area contributed by atoms with E-state index < -0.39 is 5.41 Å². The standard InChI is InChI=1S/C24H32N2O4/c1-23(9-10-23)20(17-3-2-4-17)15-21(28)26-19-7-5-18(6-8-19)24(11-14-30-16-24)22(29)25-12-13-27/h5-8,12,17,20,27H,2-4,9-11,13-16H2,1H3,(H,26,28)/b25-12+. The zero-order chi connectivity index (χ0) is 21.2. The quantitative estimate of drug-likeness (QED) is 0.640. The normalized spacial score (nSPS) is 26.3. The van der Waals surface area contributed by atoms with Gasteiger partial charge in [0.25, 0.3) is 5.91 Å². The van der Waals surface area contributed by atoms with E-state index in [4.69, 9.17) is 9.84 Å². The van der Waals surface area contributed by atoms with Gasteiger partial charge in [-0.15, -0.1) is 0 Å². The Morgan fingerprint density at radius 2 is 2.00 bits per heavy atom. The van der Waals surface area contributed by atoms with Crippen molar-refractivity contribution in [1.29, 1.82) is 0 Å². The molecule has 1 aromatic rings. The molecule has 2 amide bonds. The molecule has 0 radical (unpaired) electrons. The molecule has 1 heterocycles. The van der Waals surface area contributed by atoms with Crippen LogP contribution in [0.15, 0.2) is 29.3 Å². The number of rotatable bonds is 8. The van der Waals surface area contributed by atoms with Crippen LogP contribution >= 0.6 is 0 Å². The van der Waals surface area contributed by atoms with E-state index in [1.165, 1.54) is 38.3 Å². The molecule has 1 aliphatic heterocycles. The zero-order valence-corrected chi connectivity index (χ0v) is 17.7. The second-order valence-electron chi connectivity index (χ2n) is 9.47. The number of carbonyl (C=O) groups excluding carboxylic acids is 2. The number of benzene rings is 1. The van der Waals surface area contributed by atoms with Gasteiger partial charge in [-0.25, -0.2) is 4.99 Å². The van der Waals surface area contributed by atoms with Crippen LogP contribution in [0.5, 0.6) is 0 Å². The van der Waals surface area contributed by atoms with Crippen molar-refractivity contribution in [2.24, 2.45) is 22.2 Å². The van der Waals surface area contributed by atoms with Crippen molar-refractivity contribution in [2.75, 3.05) is 25.1 Å². The molecule has 3 fully saturated rings. The monoisotopic (exact) mass is 412 g/mol. The molecule has 0 aromatic heterocycles. The van der Waals surface area contributed by atoms with Crippen LogP contribution in [0.25, 0.3) is 0 Å². The first-order valence-electron chi connectivity index (χ1n) is 11.1. The van der Waals surface area contributed by atoms with Gasteiger partial charge in [-0.2, -0.15) is 0 Å². The molecule has 6 nitrogen and oxygen atoms in total. The molecule has 30 heavy (non-hydrogen) atoms. The van der Waals surface area contributed by atoms with E-state index in [0.29, 0.717) is 36.7 Å². The van der Waals surface area contributed by atoms with E-state index in [1.54, 1.807) is 0 Å². The Balaban J connectivity index is 1.42. The fourth-order valence-corrected chi connectivity index (χ4v) is 5.01. The summed E-state index contributed by atoms with van der Waals surface area (Å²) in [5.74, 6) is 0.979. The van der Waals surface area contributed by atoms with Crippen LogP contribution in [0.3, 0.4) is 0 Å². The van der Waals surface area contributed by atoms with Crippen molar-refractivity contribution in [3.63, 3.8) is 0 Å². The lowest BCUT2D eigenvalue weighted by Gasteiger charge is -2.37. The van der Waals surface area contributed by atoms with Gasteiger partial charge in [0, 0.05) is 24.9 Å². The molecule has 1 aromatic carbocycles. The molecular weight excluding hydrogens is 380 g/mol. The Hall–Kier alpha value is -2.05. The van der Waals surface area contributed by atoms with Crippen LogP contribution in [0.4, 0.5) is 5.69 Å². The van der Waals surface area contributed by atoms with Crippen molar-refractivity contribution in [3.8, 4) is 0 Å². The molecule has 2 N–H and O–H groups in total. The minimum Gasteiger partial charge on any atom is -0.391 e. The highest BCUT2D eigenvalue weighted by molar-refractivity contribution is 5.95. The average Bonchev–Trinajstić information content (AvgIpc) is 3.25. The molecule has 6 heteroatoms. The number of hydrogen-bond donors (Lipinski definition) is 2. The van der Waals surface area contributed by atoms with E-state index in [9.17, 15) is 9.59 Å². The van der Waals surface area contributed by atoms with Gasteiger partial charge in [-0.3, -0.25) is 9.59 Å². The van der Waals surface area contributed by atoms with Crippen molar-refractivity contribution >= 4 is 23.7 Å². The van der Waals surface area contributed by atoms with Gasteiger partial charge < -0.3 is 15.2 Å². The zero-order valence-electron chi connectivity index (χ0n) is 17.7. The first-order valence-corrected chi connectivity index (χ1v) is 11.1. The lowest BCUT2D eigenvalue weighted by atomic mass is 9.68. The molecule has 4 rings (SSSR count). The molecule has 2 unspecified atom stereocenters. The number of aliphatic hydroxyl groups is 1. The minimum absolute atomic E-state index is 0.0790. The molecule has 2 aliphatic carbocycles. The lowest BCUT2D eigenvalue weighted by molar-refractivity contribution is -0.123. The summed E-state index contributed by atoms with van der Waals surface area (Å²) < 4.78 is 5.50. The summed E-state index contributed by atoms with van der Waals surface area (Å²) in [5, 5.41) is 12.0. The van der Waals surface area contributed by atoms with Crippen LogP contribution < -0.4 is 5.32 Å². The van der Waals surface area contributed by atoms with Gasteiger partial charge in [0.1, 0.15) is 5.41 Å². The van der Waals surface area contributed by atoms with Crippen LogP contribution in [-0.4, -0.2) is 43.0 Å². The summed E-state index contributed by atoms with van der Waals surface area (Å²) in [6, 6.07) is 7.46. The number of aliphatic hydroxyl groups excluding tert-OH is 1. The summed E-state index contributed by atoms with van der Waals surface area (Å²) >= 11 is 0. The Morgan fingerprint density at radius 3 is 2.53 bits per heavy atom. The molecule has 0 bridgehead atoms. The van der Waals surface area contributed by atoms with E-state index in [1.807, 2.05) is 24.3 Å². The van der Waals surface area contributed by atoms with E-state index >= 15 is 0 Å². The van der Waals surface area contributed by atoms with Gasteiger partial charge in [0.2, 0.25) is 5.91 Å². The topological polar surface area (TPSA) is 88.0 Å². The highest BCUT2D eigenvalue weighted by Gasteiger charge is 2.49. The van der Waals surface area contributed by atoms with Crippen molar-refractivity contribution < 1.29 is 19.4 Å². The van der Waals surface area contributed by atoms with E-state index in [2.05, 4.69) is 17.2 Å². The fraction of sp³-hybridized carbons (Fsp3) is 0.625. The summed E-state index contributed by atoms with van der Waals surface area (Å²) in [6.45, 7) is 2.84. The third kappa shape index (κ3) is 4.21. The highest BCUT2D eigenvalue weighted by Crippen LogP contribution is 2.58. The number of hydrogen-bond acceptors (Lipinski definition) is 4. The second-order valence-corrected chi connectivity index (χ2v) is 9.47. The lowest BCUT2D eigenvalue weighted by Crippen LogP contribution is -2.35. The molecule has 3 aliphatic rings. The summed E-state index contributed by atoms with van der Waals surface area (Å²) in [7, 11) is 0. The van der Waals surface area contributed by atoms with Crippen LogP contribution in [-0.2, 0) is 19.7 Å². The van der Waals surface area contributed by atoms with Crippen LogP contribution in [0, 0.1) is 17.3 Å². The summed E-state index contributed by atoms with van der Waals surface area (Å²) in [5.41, 5.74) is 1.12. The fourth-order valence-electron chi connectivity index (χ4n) is 5.01. The third-order valence-corrected chi connectivity index (χ3v) is 7.50. The number of ether oxygens (including phenoxy) is 1. The van der Waals surface area contributed by atoms with Gasteiger partial charge in [-0.1, -0.05) is 38.3 Å². The molecular formula is C24H32N2O4. The number of nitrogens with zero attached hydrogens (tertiary/aromatic N) is 1. The largest absolute Gasteiger partial charge is 0.391 e. The molecule has 2 atom stereocenters. The third-order valence-electron chi connectivity index (χ3n) is 7.50. The Bertz CT molecular complexity index is 803. The number of nitrogens with one attached hydrogen (secondary N) is 1. The minimum atomic E-state index is -0.815. The van der Waals surface area contributed by atoms with E-state index in [-0.39, 0.29) is 25.0 Å². The van der Waals surface area contributed by atoms with Gasteiger partial charge >= 0.3 is 0 Å². The predicted octanol–water partition coefficient (Wildman–Crippen LogP) is 3.48. The Labute approximate surface area is 178 Å². The maximum Gasteiger partial charge on any atom is 0.258 e. The van der Waals surface area contributed by atoms with Crippen LogP contribution in [0.1, 0.15) is 57.4 Å². The molecule has 162 valence electrons. The van der Waals surface area contributed by atoms with Crippen molar-refractivity contribution in [1.82, 2.24) is 0 Å². The SMILES string of the molecule is CC1(C(CC(=O)Nc2ccc(C3(C(=O)/N=C/CO)CCOC3)cc2)C2CCC2)CC1. The molecule has 2 saturated carbocycles. The first kappa shape index (κ1) is 21.2. The molecule has 1 saturated heterocycles. The number of carbonyl (C=O) groups is 2. The van der Waals surface area contributed by atoms with Gasteiger partial charge in [0.15, 0.2) is 0 Å². The number of anilines is 1. The Kier molecular flexibility index (Phi) is 6.07. The Morgan fingerprint density at radius 1 is 1.27 bits per heavy atom. The van der Waals surface area contributed by atoms with E-state index in [0.717, 1.165) is 11.3 Å². The highest BCUT2D eigenvalue weighted by atomic mass is 16.5. The maximum absolute atomic E-state index is 12.7. The van der Waals surface area contributed by atoms with Crippen LogP contribution in [0.2, 0.25) is 0 Å². The number of aliphatic imine (C=N–C) groups is 1. The second kappa shape index (κ2) is 8.60. The maximum atomic E-state index is 12.7. The van der Waals surface area contributed by atoms with Crippen molar-refractivity contribution in [2.45, 2.75) is 57.3 Å². The first-order chi connectivity index (χ1) is 14.5. The summed E-state index contributed by atoms with van der Waals surface area (Å²) in [4.78, 5) is 29.3. The van der Waals surface area contributed by atoms with Crippen molar-refractivity contribution in [3.05, 3.63) is 29.8 Å². The summed E-state index contributed by atoms with van der Waals surface area (Å²) in [6.07, 6.45) is 8.68. The van der Waals surface area contributed by atoms with Gasteiger partial charge in [0.05, 0.1) is 13.2 Å².